The predicted octanol–water partition coefficient (Wildman–Crippen LogP) is 1.50. The largest absolute Gasteiger partial charge is 0.469 e. The fraction of sp³-hybridized carbons (Fsp3) is 0.615. The third kappa shape index (κ3) is 9.12. The standard InChI is InChI=1S/C13H18O3/c1-3-4-9-12(14)10-7-5-6-8-11-13(15)16-2/h12,14H,3-4,8-9,11H2,1-2H3. The molecule has 0 saturated heterocycles. The van der Waals surface area contributed by atoms with Crippen LogP contribution in [0.2, 0.25) is 0 Å². The van der Waals surface area contributed by atoms with E-state index in [2.05, 4.69) is 35.3 Å². The maximum Gasteiger partial charge on any atom is 0.306 e. The molecule has 0 fully saturated rings. The monoisotopic (exact) mass is 222 g/mol. The summed E-state index contributed by atoms with van der Waals surface area (Å²) < 4.78 is 4.46. The summed E-state index contributed by atoms with van der Waals surface area (Å²) in [5.74, 6) is 10.3. The Morgan fingerprint density at radius 3 is 2.81 bits per heavy atom. The molecule has 0 aliphatic rings. The highest BCUT2D eigenvalue weighted by atomic mass is 16.5. The van der Waals surface area contributed by atoms with Crippen molar-refractivity contribution in [1.82, 2.24) is 0 Å². The van der Waals surface area contributed by atoms with Crippen molar-refractivity contribution in [3.63, 3.8) is 0 Å². The van der Waals surface area contributed by atoms with Gasteiger partial charge in [-0.2, -0.15) is 0 Å². The van der Waals surface area contributed by atoms with E-state index >= 15 is 0 Å². The second kappa shape index (κ2) is 10.1. The second-order valence-corrected chi connectivity index (χ2v) is 3.31. The van der Waals surface area contributed by atoms with E-state index in [1.807, 2.05) is 0 Å². The van der Waals surface area contributed by atoms with E-state index in [-0.39, 0.29) is 12.4 Å². The van der Waals surface area contributed by atoms with E-state index in [1.54, 1.807) is 0 Å². The number of unbranched alkanes of at least 4 members (excludes halogenated alkanes) is 1. The van der Waals surface area contributed by atoms with Crippen molar-refractivity contribution in [3.8, 4) is 23.7 Å². The van der Waals surface area contributed by atoms with Gasteiger partial charge in [-0.3, -0.25) is 4.79 Å². The normalized spacial score (nSPS) is 10.4. The SMILES string of the molecule is CCCCC(O)C#CC#CCCC(=O)OC. The first-order valence-electron chi connectivity index (χ1n) is 5.44. The molecule has 3 heteroatoms. The topological polar surface area (TPSA) is 46.5 Å². The van der Waals surface area contributed by atoms with Crippen molar-refractivity contribution in [2.75, 3.05) is 7.11 Å². The van der Waals surface area contributed by atoms with Crippen molar-refractivity contribution in [1.29, 1.82) is 0 Å². The van der Waals surface area contributed by atoms with E-state index in [4.69, 9.17) is 0 Å². The van der Waals surface area contributed by atoms with Gasteiger partial charge in [0.1, 0.15) is 6.10 Å². The zero-order chi connectivity index (χ0) is 12.2. The van der Waals surface area contributed by atoms with Crippen LogP contribution in [0.5, 0.6) is 0 Å². The van der Waals surface area contributed by atoms with E-state index in [1.165, 1.54) is 7.11 Å². The molecule has 0 aliphatic carbocycles. The van der Waals surface area contributed by atoms with Gasteiger partial charge >= 0.3 is 5.97 Å². The smallest absolute Gasteiger partial charge is 0.306 e. The van der Waals surface area contributed by atoms with Crippen LogP contribution in [0.15, 0.2) is 0 Å². The third-order valence-corrected chi connectivity index (χ3v) is 1.90. The number of hydrogen-bond acceptors (Lipinski definition) is 3. The molecule has 1 N–H and O–H groups in total. The van der Waals surface area contributed by atoms with Crippen molar-refractivity contribution in [2.24, 2.45) is 0 Å². The molecule has 0 aromatic heterocycles. The summed E-state index contributed by atoms with van der Waals surface area (Å²) in [7, 11) is 1.35. The van der Waals surface area contributed by atoms with Crippen LogP contribution in [0, 0.1) is 23.7 Å². The van der Waals surface area contributed by atoms with Crippen LogP contribution < -0.4 is 0 Å². The Morgan fingerprint density at radius 2 is 2.19 bits per heavy atom. The molecule has 0 aromatic rings. The zero-order valence-corrected chi connectivity index (χ0v) is 9.88. The highest BCUT2D eigenvalue weighted by Gasteiger charge is 1.96. The van der Waals surface area contributed by atoms with E-state index < -0.39 is 6.10 Å². The summed E-state index contributed by atoms with van der Waals surface area (Å²) in [5.41, 5.74) is 0. The molecule has 0 bridgehead atoms. The van der Waals surface area contributed by atoms with Crippen LogP contribution in [-0.4, -0.2) is 24.3 Å². The number of methoxy groups -OCH3 is 1. The Kier molecular flexibility index (Phi) is 9.17. The van der Waals surface area contributed by atoms with Crippen molar-refractivity contribution >= 4 is 5.97 Å². The summed E-state index contributed by atoms with van der Waals surface area (Å²) in [5, 5.41) is 9.35. The van der Waals surface area contributed by atoms with Crippen molar-refractivity contribution in [2.45, 2.75) is 45.1 Å². The lowest BCUT2D eigenvalue weighted by Crippen LogP contribution is -2.01. The lowest BCUT2D eigenvalue weighted by atomic mass is 10.2. The molecule has 88 valence electrons. The fourth-order valence-electron chi connectivity index (χ4n) is 0.962. The minimum Gasteiger partial charge on any atom is -0.469 e. The van der Waals surface area contributed by atoms with Gasteiger partial charge in [-0.05, 0) is 18.3 Å². The van der Waals surface area contributed by atoms with Gasteiger partial charge in [-0.25, -0.2) is 0 Å². The Balaban J connectivity index is 3.73. The Bertz CT molecular complexity index is 312. The van der Waals surface area contributed by atoms with Gasteiger partial charge in [0, 0.05) is 6.42 Å². The molecule has 0 amide bonds. The number of hydrogen-bond donors (Lipinski definition) is 1. The Morgan fingerprint density at radius 1 is 1.44 bits per heavy atom. The molecular weight excluding hydrogens is 204 g/mol. The maximum atomic E-state index is 10.7. The van der Waals surface area contributed by atoms with Gasteiger partial charge in [0.15, 0.2) is 0 Å². The fourth-order valence-corrected chi connectivity index (χ4v) is 0.962. The van der Waals surface area contributed by atoms with Crippen LogP contribution in [0.3, 0.4) is 0 Å². The number of ether oxygens (including phenoxy) is 1. The first-order chi connectivity index (χ1) is 7.70. The van der Waals surface area contributed by atoms with Gasteiger partial charge < -0.3 is 9.84 Å². The Hall–Kier alpha value is -1.45. The first-order valence-corrected chi connectivity index (χ1v) is 5.44. The summed E-state index contributed by atoms with van der Waals surface area (Å²) in [6.45, 7) is 2.06. The lowest BCUT2D eigenvalue weighted by molar-refractivity contribution is -0.140. The summed E-state index contributed by atoms with van der Waals surface area (Å²) in [4.78, 5) is 10.7. The van der Waals surface area contributed by atoms with Crippen LogP contribution in [-0.2, 0) is 9.53 Å². The van der Waals surface area contributed by atoms with Gasteiger partial charge in [0.25, 0.3) is 0 Å². The maximum absolute atomic E-state index is 10.7. The van der Waals surface area contributed by atoms with Gasteiger partial charge in [-0.15, -0.1) is 0 Å². The minimum absolute atomic E-state index is 0.273. The molecule has 16 heavy (non-hydrogen) atoms. The average molecular weight is 222 g/mol. The number of esters is 1. The Labute approximate surface area is 97.2 Å². The molecule has 0 radical (unpaired) electrons. The van der Waals surface area contributed by atoms with Crippen LogP contribution in [0.4, 0.5) is 0 Å². The van der Waals surface area contributed by atoms with E-state index in [9.17, 15) is 9.90 Å². The van der Waals surface area contributed by atoms with E-state index in [0.717, 1.165) is 12.8 Å². The lowest BCUT2D eigenvalue weighted by Gasteiger charge is -1.98. The molecular formula is C13H18O3. The zero-order valence-electron chi connectivity index (χ0n) is 9.88. The third-order valence-electron chi connectivity index (χ3n) is 1.90. The minimum atomic E-state index is -0.588. The van der Waals surface area contributed by atoms with Gasteiger partial charge in [-0.1, -0.05) is 31.6 Å². The number of carbonyl (C=O) groups excluding carboxylic acids is 1. The van der Waals surface area contributed by atoms with E-state index in [0.29, 0.717) is 12.8 Å². The molecule has 0 heterocycles. The summed E-state index contributed by atoms with van der Waals surface area (Å²) in [6.07, 6.45) is 2.83. The molecule has 1 unspecified atom stereocenters. The molecule has 0 aromatic carbocycles. The molecule has 0 saturated carbocycles. The molecule has 0 rings (SSSR count). The van der Waals surface area contributed by atoms with Crippen LogP contribution >= 0.6 is 0 Å². The van der Waals surface area contributed by atoms with Crippen LogP contribution in [0.25, 0.3) is 0 Å². The molecule has 1 atom stereocenters. The molecule has 3 nitrogen and oxygen atoms in total. The first kappa shape index (κ1) is 14.6. The number of aliphatic hydroxyl groups is 1. The highest BCUT2D eigenvalue weighted by Crippen LogP contribution is 1.98. The summed E-state index contributed by atoms with van der Waals surface area (Å²) >= 11 is 0. The highest BCUT2D eigenvalue weighted by molar-refractivity contribution is 5.69. The predicted molar refractivity (Wildman–Crippen MR) is 62.3 cm³/mol. The molecule has 0 spiro atoms. The number of aliphatic hydroxyl groups excluding tert-OH is 1. The van der Waals surface area contributed by atoms with Crippen molar-refractivity contribution in [3.05, 3.63) is 0 Å². The number of rotatable bonds is 5. The van der Waals surface area contributed by atoms with Gasteiger partial charge in [0.05, 0.1) is 13.5 Å². The van der Waals surface area contributed by atoms with Crippen LogP contribution in [0.1, 0.15) is 39.0 Å². The second-order valence-electron chi connectivity index (χ2n) is 3.31. The quantitative estimate of drug-likeness (QED) is 0.566. The van der Waals surface area contributed by atoms with Crippen molar-refractivity contribution < 1.29 is 14.6 Å². The van der Waals surface area contributed by atoms with Gasteiger partial charge in [0.2, 0.25) is 0 Å². The molecule has 0 aliphatic heterocycles. The number of carbonyl (C=O) groups is 1. The summed E-state index contributed by atoms with van der Waals surface area (Å²) in [6, 6.07) is 0. The average Bonchev–Trinajstić information content (AvgIpc) is 2.30.